The maximum Gasteiger partial charge on any atom is 0.258 e. The van der Waals surface area contributed by atoms with Crippen LogP contribution in [0.2, 0.25) is 5.02 Å². The fourth-order valence-corrected chi connectivity index (χ4v) is 5.50. The highest BCUT2D eigenvalue weighted by atomic mass is 35.5. The van der Waals surface area contributed by atoms with E-state index in [-0.39, 0.29) is 23.8 Å². The lowest BCUT2D eigenvalue weighted by Gasteiger charge is -2.26. The molecule has 39 heavy (non-hydrogen) atoms. The first kappa shape index (κ1) is 28.5. The number of amides is 3. The summed E-state index contributed by atoms with van der Waals surface area (Å²) < 4.78 is 1.96. The summed E-state index contributed by atoms with van der Waals surface area (Å²) in [6.45, 7) is 7.08. The summed E-state index contributed by atoms with van der Waals surface area (Å²) in [5.74, 6) is -0.330. The number of nitrogens with one attached hydrogen (secondary N) is 2. The molecule has 11 heteroatoms. The van der Waals surface area contributed by atoms with Crippen molar-refractivity contribution in [2.45, 2.75) is 32.2 Å². The number of carbonyl (C=O) groups excluding carboxylic acids is 3. The van der Waals surface area contributed by atoms with Gasteiger partial charge in [-0.1, -0.05) is 30.3 Å². The van der Waals surface area contributed by atoms with Gasteiger partial charge in [0.15, 0.2) is 0 Å². The highest BCUT2D eigenvalue weighted by Gasteiger charge is 2.27. The van der Waals surface area contributed by atoms with Crippen LogP contribution < -0.4 is 10.6 Å². The number of benzene rings is 1. The van der Waals surface area contributed by atoms with Crippen molar-refractivity contribution in [3.63, 3.8) is 0 Å². The molecule has 206 valence electrons. The molecule has 0 radical (unpaired) electrons. The number of thiophene rings is 1. The van der Waals surface area contributed by atoms with Crippen molar-refractivity contribution in [2.75, 3.05) is 44.4 Å². The number of hydrogen-bond acceptors (Lipinski definition) is 6. The molecule has 1 aliphatic rings. The molecule has 1 aromatic carbocycles. The molecule has 2 N–H and O–H groups in total. The number of aromatic nitrogens is 2. The Morgan fingerprint density at radius 2 is 2.05 bits per heavy atom. The first-order valence-corrected chi connectivity index (χ1v) is 14.0. The smallest absolute Gasteiger partial charge is 0.258 e. The summed E-state index contributed by atoms with van der Waals surface area (Å²) in [5, 5.41) is 8.43. The lowest BCUT2D eigenvalue weighted by molar-refractivity contribution is -0.126. The molecule has 1 saturated heterocycles. The topological polar surface area (TPSA) is 99.6 Å². The maximum atomic E-state index is 13.3. The zero-order valence-electron chi connectivity index (χ0n) is 22.4. The molecule has 3 aromatic rings. The van der Waals surface area contributed by atoms with Gasteiger partial charge in [-0.15, -0.1) is 11.3 Å². The molecule has 9 nitrogen and oxygen atoms in total. The van der Waals surface area contributed by atoms with Gasteiger partial charge < -0.3 is 19.7 Å². The Balaban J connectivity index is 1.62. The van der Waals surface area contributed by atoms with Gasteiger partial charge >= 0.3 is 0 Å². The monoisotopic (exact) mass is 568 g/mol. The minimum Gasteiger partial charge on any atom is -0.337 e. The van der Waals surface area contributed by atoms with Crippen molar-refractivity contribution < 1.29 is 14.4 Å². The zero-order chi connectivity index (χ0) is 28.1. The Bertz CT molecular complexity index is 1430. The van der Waals surface area contributed by atoms with E-state index < -0.39 is 0 Å². The number of carbonyl (C=O) groups is 3. The fourth-order valence-electron chi connectivity index (χ4n) is 4.46. The zero-order valence-corrected chi connectivity index (χ0v) is 23.9. The standard InChI is InChI=1S/C28H33ClN6O3S/c1-18(2)26(37)31-23-15-19(17-39-23)27(38)32-28-30-22-11-7-10-21(29)25(22)35(28)20-9-5-6-14-34(16-20)24(36)12-8-13-33(3)4/h7-8,10-12,15,17,20H,1,5-6,9,13-14,16H2,2-4H3,(H,31,37)(H,30,32,38)/b12-8+/t20-/m1/s1. The number of anilines is 2. The van der Waals surface area contributed by atoms with Crippen molar-refractivity contribution in [3.05, 3.63) is 64.5 Å². The quantitative estimate of drug-likeness (QED) is 0.364. The van der Waals surface area contributed by atoms with Gasteiger partial charge in [0.05, 0.1) is 32.7 Å². The average Bonchev–Trinajstić information content (AvgIpc) is 3.41. The van der Waals surface area contributed by atoms with Crippen molar-refractivity contribution in [1.82, 2.24) is 19.4 Å². The number of fused-ring (bicyclic) bond motifs is 1. The van der Waals surface area contributed by atoms with Crippen molar-refractivity contribution >= 4 is 62.6 Å². The van der Waals surface area contributed by atoms with Crippen LogP contribution >= 0.6 is 22.9 Å². The Labute approximate surface area is 237 Å². The van der Waals surface area contributed by atoms with Gasteiger partial charge in [0.25, 0.3) is 11.8 Å². The van der Waals surface area contributed by atoms with E-state index in [0.29, 0.717) is 52.3 Å². The van der Waals surface area contributed by atoms with Crippen molar-refractivity contribution in [2.24, 2.45) is 0 Å². The number of likely N-dealkylation sites (tertiary alicyclic amines) is 1. The number of hydrogen-bond donors (Lipinski definition) is 2. The SMILES string of the molecule is C=C(C)C(=O)Nc1cc(C(=O)Nc2nc3cccc(Cl)c3n2[C@@H]2CCCCN(C(=O)/C=C/CN(C)C)C2)cs1. The molecule has 1 aliphatic heterocycles. The van der Waals surface area contributed by atoms with Gasteiger partial charge in [0, 0.05) is 36.7 Å². The van der Waals surface area contributed by atoms with E-state index in [1.165, 1.54) is 11.3 Å². The highest BCUT2D eigenvalue weighted by molar-refractivity contribution is 7.14. The summed E-state index contributed by atoms with van der Waals surface area (Å²) in [6.07, 6.45) is 6.11. The minimum atomic E-state index is -0.358. The Morgan fingerprint density at radius 3 is 2.79 bits per heavy atom. The second kappa shape index (κ2) is 12.6. The summed E-state index contributed by atoms with van der Waals surface area (Å²) in [6, 6.07) is 6.96. The largest absolute Gasteiger partial charge is 0.337 e. The molecule has 1 atom stereocenters. The van der Waals surface area contributed by atoms with E-state index >= 15 is 0 Å². The van der Waals surface area contributed by atoms with Gasteiger partial charge in [0.1, 0.15) is 0 Å². The number of imidazole rings is 1. The third kappa shape index (κ3) is 6.95. The van der Waals surface area contributed by atoms with Gasteiger partial charge in [-0.3, -0.25) is 19.7 Å². The molecule has 0 unspecified atom stereocenters. The predicted octanol–water partition coefficient (Wildman–Crippen LogP) is 5.19. The van der Waals surface area contributed by atoms with Gasteiger partial charge in [-0.25, -0.2) is 4.98 Å². The fraction of sp³-hybridized carbons (Fsp3) is 0.357. The Morgan fingerprint density at radius 1 is 1.26 bits per heavy atom. The Kier molecular flexibility index (Phi) is 9.21. The van der Waals surface area contributed by atoms with E-state index in [2.05, 4.69) is 17.2 Å². The molecule has 0 saturated carbocycles. The molecule has 1 fully saturated rings. The molecule has 0 bridgehead atoms. The number of likely N-dealkylation sites (N-methyl/N-ethyl adjacent to an activating group) is 1. The van der Waals surface area contributed by atoms with Crippen LogP contribution in [0.3, 0.4) is 0 Å². The summed E-state index contributed by atoms with van der Waals surface area (Å²) in [4.78, 5) is 46.8. The van der Waals surface area contributed by atoms with Crippen LogP contribution in [0.1, 0.15) is 42.6 Å². The molecule has 2 aromatic heterocycles. The molecular formula is C28H33ClN6O3S. The second-order valence-corrected chi connectivity index (χ2v) is 11.2. The van der Waals surface area contributed by atoms with Crippen LogP contribution in [-0.2, 0) is 9.59 Å². The maximum absolute atomic E-state index is 13.3. The summed E-state index contributed by atoms with van der Waals surface area (Å²) >= 11 is 7.90. The predicted molar refractivity (Wildman–Crippen MR) is 158 cm³/mol. The number of para-hydroxylation sites is 1. The summed E-state index contributed by atoms with van der Waals surface area (Å²) in [5.41, 5.74) is 2.15. The highest BCUT2D eigenvalue weighted by Crippen LogP contribution is 2.34. The average molecular weight is 569 g/mol. The second-order valence-electron chi connectivity index (χ2n) is 9.90. The van der Waals surface area contributed by atoms with E-state index in [0.717, 1.165) is 24.8 Å². The van der Waals surface area contributed by atoms with Crippen molar-refractivity contribution in [3.8, 4) is 0 Å². The van der Waals surface area contributed by atoms with E-state index in [1.807, 2.05) is 46.7 Å². The third-order valence-electron chi connectivity index (χ3n) is 6.43. The van der Waals surface area contributed by atoms with E-state index in [4.69, 9.17) is 16.6 Å². The van der Waals surface area contributed by atoms with Crippen LogP contribution in [-0.4, -0.2) is 70.8 Å². The Hall–Kier alpha value is -3.47. The summed E-state index contributed by atoms with van der Waals surface area (Å²) in [7, 11) is 3.91. The first-order chi connectivity index (χ1) is 18.6. The molecule has 3 heterocycles. The first-order valence-electron chi connectivity index (χ1n) is 12.8. The molecule has 0 spiro atoms. The normalized spacial score (nSPS) is 16.0. The lowest BCUT2D eigenvalue weighted by Crippen LogP contribution is -2.34. The van der Waals surface area contributed by atoms with Gasteiger partial charge in [-0.2, -0.15) is 0 Å². The van der Waals surface area contributed by atoms with E-state index in [9.17, 15) is 14.4 Å². The van der Waals surface area contributed by atoms with Gasteiger partial charge in [0.2, 0.25) is 11.9 Å². The van der Waals surface area contributed by atoms with Crippen LogP contribution in [0.25, 0.3) is 11.0 Å². The van der Waals surface area contributed by atoms with Crippen LogP contribution in [0, 0.1) is 0 Å². The molecular weight excluding hydrogens is 536 g/mol. The number of halogens is 1. The molecule has 3 amide bonds. The van der Waals surface area contributed by atoms with Crippen molar-refractivity contribution in [1.29, 1.82) is 0 Å². The molecule has 4 rings (SSSR count). The minimum absolute atomic E-state index is 0.0348. The van der Waals surface area contributed by atoms with Crippen LogP contribution in [0.15, 0.2) is 53.9 Å². The number of nitrogens with zero attached hydrogens (tertiary/aromatic N) is 4. The molecule has 0 aliphatic carbocycles. The number of rotatable bonds is 8. The van der Waals surface area contributed by atoms with Gasteiger partial charge in [-0.05, 0) is 58.5 Å². The van der Waals surface area contributed by atoms with Crippen LogP contribution in [0.5, 0.6) is 0 Å². The van der Waals surface area contributed by atoms with E-state index in [1.54, 1.807) is 30.5 Å². The lowest BCUT2D eigenvalue weighted by atomic mass is 10.1. The van der Waals surface area contributed by atoms with Crippen LogP contribution in [0.4, 0.5) is 10.9 Å². The third-order valence-corrected chi connectivity index (χ3v) is 7.58.